The van der Waals surface area contributed by atoms with Gasteiger partial charge < -0.3 is 15.9 Å². The van der Waals surface area contributed by atoms with Crippen molar-refractivity contribution in [3.05, 3.63) is 0 Å². The van der Waals surface area contributed by atoms with Gasteiger partial charge in [0.1, 0.15) is 0 Å². The van der Waals surface area contributed by atoms with E-state index < -0.39 is 6.10 Å². The molecule has 0 aromatic carbocycles. The summed E-state index contributed by atoms with van der Waals surface area (Å²) in [5.74, 6) is 0. The fourth-order valence-corrected chi connectivity index (χ4v) is 1.63. The Morgan fingerprint density at radius 2 is 2.20 bits per heavy atom. The molecule has 0 spiro atoms. The zero-order valence-corrected chi connectivity index (χ0v) is 6.25. The van der Waals surface area contributed by atoms with Gasteiger partial charge in [0.25, 0.3) is 0 Å². The first-order valence-corrected chi connectivity index (χ1v) is 3.63. The summed E-state index contributed by atoms with van der Waals surface area (Å²) in [5.41, 5.74) is 5.44. The van der Waals surface area contributed by atoms with E-state index in [1.807, 2.05) is 6.92 Å². The molecule has 0 amide bonds. The van der Waals surface area contributed by atoms with Crippen LogP contribution in [0.15, 0.2) is 0 Å². The maximum Gasteiger partial charge on any atom is 0.0825 e. The molecule has 0 heterocycles. The molecular weight excluding hydrogens is 130 g/mol. The first-order valence-electron chi connectivity index (χ1n) is 3.63. The number of nitrogens with two attached hydrogens (primary N) is 1. The molecule has 0 aliphatic heterocycles. The van der Waals surface area contributed by atoms with Crippen LogP contribution in [0.2, 0.25) is 0 Å². The molecule has 1 fully saturated rings. The lowest BCUT2D eigenvalue weighted by Crippen LogP contribution is -2.51. The SMILES string of the molecule is CC1(C(O)CO)CC(N)C1. The Morgan fingerprint density at radius 3 is 2.50 bits per heavy atom. The molecule has 60 valence electrons. The molecule has 3 nitrogen and oxygen atoms in total. The van der Waals surface area contributed by atoms with Crippen LogP contribution in [-0.2, 0) is 0 Å². The highest BCUT2D eigenvalue weighted by atomic mass is 16.3. The molecule has 1 aliphatic rings. The Labute approximate surface area is 60.9 Å². The van der Waals surface area contributed by atoms with Gasteiger partial charge in [-0.15, -0.1) is 0 Å². The van der Waals surface area contributed by atoms with Crippen LogP contribution in [0.3, 0.4) is 0 Å². The van der Waals surface area contributed by atoms with Crippen molar-refractivity contribution in [3.8, 4) is 0 Å². The molecule has 0 saturated heterocycles. The van der Waals surface area contributed by atoms with Crippen molar-refractivity contribution < 1.29 is 10.2 Å². The van der Waals surface area contributed by atoms with Crippen LogP contribution in [0, 0.1) is 5.41 Å². The van der Waals surface area contributed by atoms with Gasteiger partial charge in [0.05, 0.1) is 12.7 Å². The molecule has 1 rings (SSSR count). The molecule has 1 atom stereocenters. The monoisotopic (exact) mass is 145 g/mol. The molecule has 10 heavy (non-hydrogen) atoms. The molecule has 3 heteroatoms. The standard InChI is InChI=1S/C7H15NO2/c1-7(6(10)4-9)2-5(8)3-7/h5-6,9-10H,2-4,8H2,1H3. The molecule has 0 aromatic rings. The second kappa shape index (κ2) is 2.49. The van der Waals surface area contributed by atoms with Gasteiger partial charge in [-0.1, -0.05) is 6.92 Å². The van der Waals surface area contributed by atoms with Crippen molar-refractivity contribution in [2.75, 3.05) is 6.61 Å². The van der Waals surface area contributed by atoms with Crippen LogP contribution in [0.1, 0.15) is 19.8 Å². The van der Waals surface area contributed by atoms with Crippen LogP contribution < -0.4 is 5.73 Å². The van der Waals surface area contributed by atoms with Crippen LogP contribution in [0.4, 0.5) is 0 Å². The van der Waals surface area contributed by atoms with E-state index in [1.165, 1.54) is 0 Å². The van der Waals surface area contributed by atoms with Gasteiger partial charge in [0.2, 0.25) is 0 Å². The van der Waals surface area contributed by atoms with Crippen LogP contribution in [0.5, 0.6) is 0 Å². The van der Waals surface area contributed by atoms with Gasteiger partial charge in [-0.25, -0.2) is 0 Å². The molecule has 1 unspecified atom stereocenters. The Bertz CT molecular complexity index is 121. The summed E-state index contributed by atoms with van der Waals surface area (Å²) in [6.07, 6.45) is 1.07. The van der Waals surface area contributed by atoms with E-state index in [-0.39, 0.29) is 18.1 Å². The third-order valence-electron chi connectivity index (χ3n) is 2.43. The fraction of sp³-hybridized carbons (Fsp3) is 1.00. The summed E-state index contributed by atoms with van der Waals surface area (Å²) in [5, 5.41) is 17.9. The molecule has 0 bridgehead atoms. The largest absolute Gasteiger partial charge is 0.394 e. The lowest BCUT2D eigenvalue weighted by Gasteiger charge is -2.46. The topological polar surface area (TPSA) is 66.5 Å². The van der Waals surface area contributed by atoms with Crippen molar-refractivity contribution >= 4 is 0 Å². The fourth-order valence-electron chi connectivity index (χ4n) is 1.63. The van der Waals surface area contributed by atoms with Crippen molar-refractivity contribution in [1.82, 2.24) is 0 Å². The number of aliphatic hydroxyl groups is 2. The van der Waals surface area contributed by atoms with Gasteiger partial charge in [0, 0.05) is 6.04 Å². The van der Waals surface area contributed by atoms with E-state index in [4.69, 9.17) is 10.8 Å². The maximum atomic E-state index is 9.25. The highest BCUT2D eigenvalue weighted by molar-refractivity contribution is 4.97. The number of hydrogen-bond donors (Lipinski definition) is 3. The molecule has 0 radical (unpaired) electrons. The van der Waals surface area contributed by atoms with E-state index in [9.17, 15) is 5.11 Å². The maximum absolute atomic E-state index is 9.25. The van der Waals surface area contributed by atoms with Gasteiger partial charge in [0.15, 0.2) is 0 Å². The summed E-state index contributed by atoms with van der Waals surface area (Å²) in [7, 11) is 0. The molecule has 0 aromatic heterocycles. The van der Waals surface area contributed by atoms with Gasteiger partial charge in [-0.05, 0) is 18.3 Å². The summed E-state index contributed by atoms with van der Waals surface area (Å²) < 4.78 is 0. The van der Waals surface area contributed by atoms with E-state index in [0.29, 0.717) is 0 Å². The van der Waals surface area contributed by atoms with Gasteiger partial charge in [-0.3, -0.25) is 0 Å². The van der Waals surface area contributed by atoms with Crippen LogP contribution in [-0.4, -0.2) is 29.0 Å². The third kappa shape index (κ3) is 1.17. The average Bonchev–Trinajstić information content (AvgIpc) is 1.83. The van der Waals surface area contributed by atoms with Crippen molar-refractivity contribution in [1.29, 1.82) is 0 Å². The number of hydrogen-bond acceptors (Lipinski definition) is 3. The third-order valence-corrected chi connectivity index (χ3v) is 2.43. The summed E-state index contributed by atoms with van der Waals surface area (Å²) in [6, 6.07) is 0.228. The first-order chi connectivity index (χ1) is 4.58. The molecular formula is C7H15NO2. The van der Waals surface area contributed by atoms with E-state index in [0.717, 1.165) is 12.8 Å². The second-order valence-corrected chi connectivity index (χ2v) is 3.52. The lowest BCUT2D eigenvalue weighted by molar-refractivity contribution is -0.0593. The Morgan fingerprint density at radius 1 is 1.70 bits per heavy atom. The average molecular weight is 145 g/mol. The normalized spacial score (nSPS) is 42.6. The van der Waals surface area contributed by atoms with Crippen LogP contribution >= 0.6 is 0 Å². The lowest BCUT2D eigenvalue weighted by atomic mass is 9.64. The summed E-state index contributed by atoms with van der Waals surface area (Å²) in [6.45, 7) is 1.81. The zero-order valence-electron chi connectivity index (χ0n) is 6.25. The quantitative estimate of drug-likeness (QED) is 0.489. The highest BCUT2D eigenvalue weighted by Gasteiger charge is 2.43. The van der Waals surface area contributed by atoms with Crippen LogP contribution in [0.25, 0.3) is 0 Å². The minimum atomic E-state index is -0.590. The molecule has 1 saturated carbocycles. The summed E-state index contributed by atoms with van der Waals surface area (Å²) >= 11 is 0. The van der Waals surface area contributed by atoms with Crippen molar-refractivity contribution in [2.45, 2.75) is 31.9 Å². The number of aliphatic hydroxyl groups excluding tert-OH is 2. The molecule has 1 aliphatic carbocycles. The van der Waals surface area contributed by atoms with E-state index in [2.05, 4.69) is 0 Å². The van der Waals surface area contributed by atoms with Crippen molar-refractivity contribution in [3.63, 3.8) is 0 Å². The van der Waals surface area contributed by atoms with E-state index >= 15 is 0 Å². The predicted molar refractivity (Wildman–Crippen MR) is 38.4 cm³/mol. The number of rotatable bonds is 2. The Hall–Kier alpha value is -0.120. The predicted octanol–water partition coefficient (Wildman–Crippen LogP) is -0.533. The Kier molecular flexibility index (Phi) is 1.99. The summed E-state index contributed by atoms with van der Waals surface area (Å²) in [4.78, 5) is 0. The smallest absolute Gasteiger partial charge is 0.0825 e. The van der Waals surface area contributed by atoms with Gasteiger partial charge in [-0.2, -0.15) is 0 Å². The minimum absolute atomic E-state index is 0.117. The van der Waals surface area contributed by atoms with Crippen molar-refractivity contribution in [2.24, 2.45) is 11.1 Å². The highest BCUT2D eigenvalue weighted by Crippen LogP contribution is 2.42. The minimum Gasteiger partial charge on any atom is -0.394 e. The first kappa shape index (κ1) is 7.98. The molecule has 4 N–H and O–H groups in total. The Balaban J connectivity index is 2.40. The van der Waals surface area contributed by atoms with Gasteiger partial charge >= 0.3 is 0 Å². The second-order valence-electron chi connectivity index (χ2n) is 3.52. The zero-order chi connectivity index (χ0) is 7.78. The van der Waals surface area contributed by atoms with E-state index in [1.54, 1.807) is 0 Å².